The lowest BCUT2D eigenvalue weighted by Gasteiger charge is -2.20. The molecule has 0 bridgehead atoms. The maximum absolute atomic E-state index is 12.1. The lowest BCUT2D eigenvalue weighted by Crippen LogP contribution is -2.07. The van der Waals surface area contributed by atoms with E-state index in [2.05, 4.69) is 0 Å². The molecule has 2 atom stereocenters. The SMILES string of the molecule is COc1ccc(C2CC(=O)OC2c2ccc(OCc3ccccc3)cc2)cc1OC. The largest absolute Gasteiger partial charge is 0.493 e. The van der Waals surface area contributed by atoms with Gasteiger partial charge in [0.2, 0.25) is 0 Å². The fourth-order valence-corrected chi connectivity index (χ4v) is 3.73. The average molecular weight is 404 g/mol. The number of rotatable bonds is 7. The van der Waals surface area contributed by atoms with Crippen molar-refractivity contribution in [2.75, 3.05) is 14.2 Å². The number of hydrogen-bond acceptors (Lipinski definition) is 5. The van der Waals surface area contributed by atoms with Gasteiger partial charge in [-0.2, -0.15) is 0 Å². The van der Waals surface area contributed by atoms with Crippen LogP contribution in [-0.2, 0) is 16.1 Å². The first-order valence-corrected chi connectivity index (χ1v) is 9.86. The molecule has 3 aromatic carbocycles. The van der Waals surface area contributed by atoms with Crippen molar-refractivity contribution < 1.29 is 23.7 Å². The smallest absolute Gasteiger partial charge is 0.307 e. The molecule has 2 unspecified atom stereocenters. The number of esters is 1. The number of benzene rings is 3. The molecule has 1 aliphatic heterocycles. The number of hydrogen-bond donors (Lipinski definition) is 0. The maximum Gasteiger partial charge on any atom is 0.307 e. The van der Waals surface area contributed by atoms with Crippen LogP contribution < -0.4 is 14.2 Å². The summed E-state index contributed by atoms with van der Waals surface area (Å²) in [4.78, 5) is 12.1. The van der Waals surface area contributed by atoms with E-state index in [0.29, 0.717) is 24.5 Å². The van der Waals surface area contributed by atoms with Crippen molar-refractivity contribution in [3.8, 4) is 17.2 Å². The van der Waals surface area contributed by atoms with E-state index in [1.807, 2.05) is 72.8 Å². The third-order valence-electron chi connectivity index (χ3n) is 5.30. The van der Waals surface area contributed by atoms with Crippen molar-refractivity contribution in [2.45, 2.75) is 25.0 Å². The predicted molar refractivity (Wildman–Crippen MR) is 113 cm³/mol. The summed E-state index contributed by atoms with van der Waals surface area (Å²) in [5.74, 6) is 1.77. The predicted octanol–water partition coefficient (Wildman–Crippen LogP) is 5.05. The van der Waals surface area contributed by atoms with Gasteiger partial charge < -0.3 is 18.9 Å². The Morgan fingerprint density at radius 3 is 2.27 bits per heavy atom. The Labute approximate surface area is 176 Å². The van der Waals surface area contributed by atoms with Crippen LogP contribution >= 0.6 is 0 Å². The van der Waals surface area contributed by atoms with E-state index in [-0.39, 0.29) is 18.0 Å². The van der Waals surface area contributed by atoms with Crippen LogP contribution in [0.25, 0.3) is 0 Å². The second-order valence-corrected chi connectivity index (χ2v) is 7.18. The van der Waals surface area contributed by atoms with E-state index in [1.54, 1.807) is 14.2 Å². The first-order valence-electron chi connectivity index (χ1n) is 9.86. The van der Waals surface area contributed by atoms with E-state index in [1.165, 1.54) is 0 Å². The Bertz CT molecular complexity index is 998. The fraction of sp³-hybridized carbons (Fsp3) is 0.240. The van der Waals surface area contributed by atoms with Crippen LogP contribution in [0.1, 0.15) is 35.1 Å². The highest BCUT2D eigenvalue weighted by Crippen LogP contribution is 2.44. The highest BCUT2D eigenvalue weighted by molar-refractivity contribution is 5.74. The monoisotopic (exact) mass is 404 g/mol. The van der Waals surface area contributed by atoms with Gasteiger partial charge >= 0.3 is 5.97 Å². The molecular formula is C25H24O5. The van der Waals surface area contributed by atoms with Crippen molar-refractivity contribution in [2.24, 2.45) is 0 Å². The quantitative estimate of drug-likeness (QED) is 0.516. The van der Waals surface area contributed by atoms with Crippen molar-refractivity contribution >= 4 is 5.97 Å². The second-order valence-electron chi connectivity index (χ2n) is 7.18. The molecule has 1 aliphatic rings. The van der Waals surface area contributed by atoms with Crippen LogP contribution in [0, 0.1) is 0 Å². The number of carbonyl (C=O) groups excluding carboxylic acids is 1. The van der Waals surface area contributed by atoms with Gasteiger partial charge in [-0.15, -0.1) is 0 Å². The molecule has 0 amide bonds. The minimum absolute atomic E-state index is 0.0895. The maximum atomic E-state index is 12.1. The van der Waals surface area contributed by atoms with Crippen molar-refractivity contribution in [1.82, 2.24) is 0 Å². The highest BCUT2D eigenvalue weighted by Gasteiger charge is 2.37. The van der Waals surface area contributed by atoms with E-state index < -0.39 is 0 Å². The van der Waals surface area contributed by atoms with Gasteiger partial charge in [-0.05, 0) is 41.0 Å². The van der Waals surface area contributed by atoms with Crippen LogP contribution in [0.5, 0.6) is 17.2 Å². The van der Waals surface area contributed by atoms with Gasteiger partial charge in [-0.25, -0.2) is 0 Å². The molecule has 0 aromatic heterocycles. The minimum atomic E-state index is -0.348. The second kappa shape index (κ2) is 8.91. The Morgan fingerprint density at radius 1 is 0.867 bits per heavy atom. The molecule has 5 nitrogen and oxygen atoms in total. The molecule has 5 heteroatoms. The van der Waals surface area contributed by atoms with Crippen molar-refractivity contribution in [1.29, 1.82) is 0 Å². The molecule has 0 radical (unpaired) electrons. The fourth-order valence-electron chi connectivity index (χ4n) is 3.73. The molecule has 0 aliphatic carbocycles. The molecule has 154 valence electrons. The zero-order valence-corrected chi connectivity index (χ0v) is 17.0. The molecule has 1 fully saturated rings. The summed E-state index contributed by atoms with van der Waals surface area (Å²) in [6, 6.07) is 23.5. The molecule has 0 saturated carbocycles. The number of methoxy groups -OCH3 is 2. The van der Waals surface area contributed by atoms with E-state index in [4.69, 9.17) is 18.9 Å². The molecule has 1 saturated heterocycles. The van der Waals surface area contributed by atoms with Crippen LogP contribution in [0.3, 0.4) is 0 Å². The molecule has 30 heavy (non-hydrogen) atoms. The van der Waals surface area contributed by atoms with Crippen LogP contribution in [0.2, 0.25) is 0 Å². The average Bonchev–Trinajstić information content (AvgIpc) is 3.20. The van der Waals surface area contributed by atoms with E-state index in [9.17, 15) is 4.79 Å². The van der Waals surface area contributed by atoms with Crippen LogP contribution in [0.4, 0.5) is 0 Å². The standard InChI is InChI=1S/C25H24O5/c1-27-22-13-10-19(14-23(22)28-2)21-15-24(26)30-25(21)18-8-11-20(12-9-18)29-16-17-6-4-3-5-7-17/h3-14,21,25H,15-16H2,1-2H3. The first-order chi connectivity index (χ1) is 14.7. The highest BCUT2D eigenvalue weighted by atomic mass is 16.6. The topological polar surface area (TPSA) is 54.0 Å². The normalized spacial score (nSPS) is 18.0. The molecule has 1 heterocycles. The molecule has 4 rings (SSSR count). The summed E-state index contributed by atoms with van der Waals surface area (Å²) in [5.41, 5.74) is 3.03. The Kier molecular flexibility index (Phi) is 5.89. The van der Waals surface area contributed by atoms with Gasteiger partial charge in [0.15, 0.2) is 11.5 Å². The molecule has 3 aromatic rings. The lowest BCUT2D eigenvalue weighted by molar-refractivity contribution is -0.141. The summed E-state index contributed by atoms with van der Waals surface area (Å²) in [7, 11) is 3.20. The number of ether oxygens (including phenoxy) is 4. The van der Waals surface area contributed by atoms with Gasteiger partial charge in [-0.1, -0.05) is 48.5 Å². The zero-order chi connectivity index (χ0) is 20.9. The Morgan fingerprint density at radius 2 is 1.57 bits per heavy atom. The third-order valence-corrected chi connectivity index (χ3v) is 5.30. The van der Waals surface area contributed by atoms with Gasteiger partial charge in [0.1, 0.15) is 18.5 Å². The molecular weight excluding hydrogens is 380 g/mol. The summed E-state index contributed by atoms with van der Waals surface area (Å²) in [5, 5.41) is 0. The minimum Gasteiger partial charge on any atom is -0.493 e. The summed E-state index contributed by atoms with van der Waals surface area (Å²) >= 11 is 0. The van der Waals surface area contributed by atoms with Crippen molar-refractivity contribution in [3.05, 3.63) is 89.5 Å². The van der Waals surface area contributed by atoms with E-state index >= 15 is 0 Å². The van der Waals surface area contributed by atoms with Crippen LogP contribution in [-0.4, -0.2) is 20.2 Å². The van der Waals surface area contributed by atoms with Crippen molar-refractivity contribution in [3.63, 3.8) is 0 Å². The summed E-state index contributed by atoms with van der Waals surface area (Å²) in [6.07, 6.45) is -0.0226. The van der Waals surface area contributed by atoms with Crippen LogP contribution in [0.15, 0.2) is 72.8 Å². The van der Waals surface area contributed by atoms with Gasteiger partial charge in [-0.3, -0.25) is 4.79 Å². The zero-order valence-electron chi connectivity index (χ0n) is 17.0. The first kappa shape index (κ1) is 19.8. The number of cyclic esters (lactones) is 1. The van der Waals surface area contributed by atoms with Gasteiger partial charge in [0, 0.05) is 5.92 Å². The Balaban J connectivity index is 1.51. The Hall–Kier alpha value is -3.47. The lowest BCUT2D eigenvalue weighted by atomic mass is 9.88. The molecule has 0 N–H and O–H groups in total. The van der Waals surface area contributed by atoms with Gasteiger partial charge in [0.05, 0.1) is 20.6 Å². The molecule has 0 spiro atoms. The van der Waals surface area contributed by atoms with E-state index in [0.717, 1.165) is 22.4 Å². The summed E-state index contributed by atoms with van der Waals surface area (Å²) < 4.78 is 22.3. The number of carbonyl (C=O) groups is 1. The summed E-state index contributed by atoms with van der Waals surface area (Å²) in [6.45, 7) is 0.507. The van der Waals surface area contributed by atoms with Gasteiger partial charge in [0.25, 0.3) is 0 Å². The third kappa shape index (κ3) is 4.25.